The van der Waals surface area contributed by atoms with Crippen molar-refractivity contribution >= 4 is 11.8 Å². The van der Waals surface area contributed by atoms with Crippen LogP contribution in [0, 0.1) is 0 Å². The van der Waals surface area contributed by atoms with Gasteiger partial charge in [0.05, 0.1) is 6.26 Å². The van der Waals surface area contributed by atoms with Crippen LogP contribution < -0.4 is 10.6 Å². The molecule has 0 saturated heterocycles. The lowest BCUT2D eigenvalue weighted by atomic mass is 9.95. The predicted octanol–water partition coefficient (Wildman–Crippen LogP) is 1.78. The molecule has 2 N–H and O–H groups in total. The number of carbonyl (C=O) groups is 2. The highest BCUT2D eigenvalue weighted by Gasteiger charge is 2.21. The number of nitrogens with one attached hydrogen (secondary N) is 2. The summed E-state index contributed by atoms with van der Waals surface area (Å²) in [6.07, 6.45) is 7.60. The van der Waals surface area contributed by atoms with Crippen molar-refractivity contribution in [1.29, 1.82) is 0 Å². The van der Waals surface area contributed by atoms with Gasteiger partial charge < -0.3 is 15.1 Å². The fourth-order valence-corrected chi connectivity index (χ4v) is 2.57. The molecule has 1 unspecified atom stereocenters. The second-order valence-electron chi connectivity index (χ2n) is 5.47. The van der Waals surface area contributed by atoms with Crippen molar-refractivity contribution in [3.05, 3.63) is 24.2 Å². The molecule has 1 saturated carbocycles. The summed E-state index contributed by atoms with van der Waals surface area (Å²) >= 11 is 0. The van der Waals surface area contributed by atoms with Crippen LogP contribution in [0.4, 0.5) is 0 Å². The van der Waals surface area contributed by atoms with E-state index in [1.807, 2.05) is 13.0 Å². The van der Waals surface area contributed by atoms with Crippen molar-refractivity contribution in [2.24, 2.45) is 0 Å². The average Bonchev–Trinajstić information content (AvgIpc) is 2.92. The lowest BCUT2D eigenvalue weighted by Crippen LogP contribution is -2.47. The molecule has 5 heteroatoms. The number of hydrogen-bond acceptors (Lipinski definition) is 3. The quantitative estimate of drug-likeness (QED) is 0.825. The number of rotatable bonds is 4. The molecular formula is C15H22N2O3. The van der Waals surface area contributed by atoms with Crippen LogP contribution >= 0.6 is 0 Å². The molecule has 1 aliphatic rings. The zero-order valence-corrected chi connectivity index (χ0v) is 11.9. The van der Waals surface area contributed by atoms with E-state index in [4.69, 9.17) is 4.42 Å². The van der Waals surface area contributed by atoms with E-state index in [9.17, 15) is 9.59 Å². The largest absolute Gasteiger partial charge is 0.469 e. The van der Waals surface area contributed by atoms with Gasteiger partial charge in [-0.1, -0.05) is 19.3 Å². The Kier molecular flexibility index (Phi) is 5.21. The first-order chi connectivity index (χ1) is 9.65. The van der Waals surface area contributed by atoms with Gasteiger partial charge in [0.1, 0.15) is 5.76 Å². The molecule has 0 radical (unpaired) electrons. The smallest absolute Gasteiger partial charge is 0.309 e. The number of amides is 2. The van der Waals surface area contributed by atoms with Gasteiger partial charge in [-0.3, -0.25) is 9.59 Å². The summed E-state index contributed by atoms with van der Waals surface area (Å²) in [4.78, 5) is 23.6. The predicted molar refractivity (Wildman–Crippen MR) is 75.0 cm³/mol. The molecule has 1 aromatic heterocycles. The van der Waals surface area contributed by atoms with Gasteiger partial charge in [-0.2, -0.15) is 0 Å². The van der Waals surface area contributed by atoms with Gasteiger partial charge in [0.15, 0.2) is 0 Å². The summed E-state index contributed by atoms with van der Waals surface area (Å²) in [5.41, 5.74) is 0. The lowest BCUT2D eigenvalue weighted by molar-refractivity contribution is -0.140. The SMILES string of the molecule is CC(Cc1ccco1)NC(=O)C(=O)NC1CCCCC1. The zero-order valence-electron chi connectivity index (χ0n) is 11.9. The monoisotopic (exact) mass is 278 g/mol. The Bertz CT molecular complexity index is 436. The van der Waals surface area contributed by atoms with Gasteiger partial charge >= 0.3 is 11.8 Å². The van der Waals surface area contributed by atoms with Crippen molar-refractivity contribution in [3.63, 3.8) is 0 Å². The Morgan fingerprint density at radius 2 is 2.05 bits per heavy atom. The molecule has 0 aliphatic heterocycles. The summed E-state index contributed by atoms with van der Waals surface area (Å²) in [7, 11) is 0. The van der Waals surface area contributed by atoms with E-state index in [-0.39, 0.29) is 12.1 Å². The molecule has 2 amide bonds. The highest BCUT2D eigenvalue weighted by molar-refractivity contribution is 6.35. The maximum Gasteiger partial charge on any atom is 0.309 e. The Morgan fingerprint density at radius 3 is 2.70 bits per heavy atom. The van der Waals surface area contributed by atoms with Crippen molar-refractivity contribution in [2.75, 3.05) is 0 Å². The second kappa shape index (κ2) is 7.12. The second-order valence-corrected chi connectivity index (χ2v) is 5.47. The summed E-state index contributed by atoms with van der Waals surface area (Å²) in [5, 5.41) is 5.50. The van der Waals surface area contributed by atoms with Crippen LogP contribution in [0.5, 0.6) is 0 Å². The van der Waals surface area contributed by atoms with Gasteiger partial charge in [0.25, 0.3) is 0 Å². The first kappa shape index (κ1) is 14.6. The highest BCUT2D eigenvalue weighted by Crippen LogP contribution is 2.17. The minimum Gasteiger partial charge on any atom is -0.469 e. The maximum atomic E-state index is 11.8. The van der Waals surface area contributed by atoms with Crippen LogP contribution in [0.1, 0.15) is 44.8 Å². The van der Waals surface area contributed by atoms with Gasteiger partial charge in [-0.15, -0.1) is 0 Å². The molecule has 20 heavy (non-hydrogen) atoms. The highest BCUT2D eigenvalue weighted by atomic mass is 16.3. The first-order valence-corrected chi connectivity index (χ1v) is 7.29. The molecule has 0 aromatic carbocycles. The number of furan rings is 1. The van der Waals surface area contributed by atoms with Crippen LogP contribution in [0.15, 0.2) is 22.8 Å². The fourth-order valence-electron chi connectivity index (χ4n) is 2.57. The van der Waals surface area contributed by atoms with Crippen LogP contribution in [-0.2, 0) is 16.0 Å². The number of hydrogen-bond donors (Lipinski definition) is 2. The Labute approximate surface area is 119 Å². The van der Waals surface area contributed by atoms with Crippen molar-refractivity contribution in [2.45, 2.75) is 57.5 Å². The molecule has 1 atom stereocenters. The van der Waals surface area contributed by atoms with E-state index in [2.05, 4.69) is 10.6 Å². The van der Waals surface area contributed by atoms with E-state index in [1.165, 1.54) is 6.42 Å². The third-order valence-electron chi connectivity index (χ3n) is 3.61. The van der Waals surface area contributed by atoms with Crippen molar-refractivity contribution in [1.82, 2.24) is 10.6 Å². The standard InChI is InChI=1S/C15H22N2O3/c1-11(10-13-8-5-9-20-13)16-14(18)15(19)17-12-6-3-2-4-7-12/h5,8-9,11-12H,2-4,6-7,10H2,1H3,(H,16,18)(H,17,19). The van der Waals surface area contributed by atoms with Crippen LogP contribution in [0.3, 0.4) is 0 Å². The van der Waals surface area contributed by atoms with Crippen molar-refractivity contribution in [3.8, 4) is 0 Å². The fraction of sp³-hybridized carbons (Fsp3) is 0.600. The van der Waals surface area contributed by atoms with Gasteiger partial charge in [0.2, 0.25) is 0 Å². The Balaban J connectivity index is 1.74. The van der Waals surface area contributed by atoms with Gasteiger partial charge in [-0.25, -0.2) is 0 Å². The van der Waals surface area contributed by atoms with E-state index in [1.54, 1.807) is 12.3 Å². The summed E-state index contributed by atoms with van der Waals surface area (Å²) < 4.78 is 5.22. The molecule has 5 nitrogen and oxygen atoms in total. The topological polar surface area (TPSA) is 71.3 Å². The number of carbonyl (C=O) groups excluding carboxylic acids is 2. The third-order valence-corrected chi connectivity index (χ3v) is 3.61. The molecule has 2 rings (SSSR count). The lowest BCUT2D eigenvalue weighted by Gasteiger charge is -2.22. The normalized spacial score (nSPS) is 17.4. The Morgan fingerprint density at radius 1 is 1.30 bits per heavy atom. The van der Waals surface area contributed by atoms with E-state index in [0.717, 1.165) is 31.4 Å². The minimum atomic E-state index is -0.561. The Hall–Kier alpha value is -1.78. The first-order valence-electron chi connectivity index (χ1n) is 7.29. The van der Waals surface area contributed by atoms with E-state index >= 15 is 0 Å². The summed E-state index contributed by atoms with van der Waals surface area (Å²) in [6, 6.07) is 3.68. The molecule has 1 fully saturated rings. The van der Waals surface area contributed by atoms with Gasteiger partial charge in [-0.05, 0) is 31.9 Å². The van der Waals surface area contributed by atoms with Crippen LogP contribution in [0.2, 0.25) is 0 Å². The molecule has 0 spiro atoms. The van der Waals surface area contributed by atoms with E-state index in [0.29, 0.717) is 6.42 Å². The molecule has 1 aromatic rings. The molecule has 1 aliphatic carbocycles. The van der Waals surface area contributed by atoms with Crippen LogP contribution in [-0.4, -0.2) is 23.9 Å². The zero-order chi connectivity index (χ0) is 14.4. The maximum absolute atomic E-state index is 11.8. The average molecular weight is 278 g/mol. The van der Waals surface area contributed by atoms with E-state index < -0.39 is 11.8 Å². The summed E-state index contributed by atoms with van der Waals surface area (Å²) in [5.74, 6) is -0.289. The van der Waals surface area contributed by atoms with Crippen LogP contribution in [0.25, 0.3) is 0 Å². The van der Waals surface area contributed by atoms with Crippen molar-refractivity contribution < 1.29 is 14.0 Å². The summed E-state index contributed by atoms with van der Waals surface area (Å²) in [6.45, 7) is 1.86. The molecule has 110 valence electrons. The van der Waals surface area contributed by atoms with Gasteiger partial charge in [0, 0.05) is 18.5 Å². The molecule has 1 heterocycles. The minimum absolute atomic E-state index is 0.134. The molecular weight excluding hydrogens is 256 g/mol. The third kappa shape index (κ3) is 4.40. The molecule has 0 bridgehead atoms.